The Morgan fingerprint density at radius 2 is 1.82 bits per heavy atom. The van der Waals surface area contributed by atoms with Gasteiger partial charge in [-0.3, -0.25) is 4.79 Å². The van der Waals surface area contributed by atoms with Crippen molar-refractivity contribution < 1.29 is 14.0 Å². The molecule has 7 heteroatoms. The van der Waals surface area contributed by atoms with Crippen LogP contribution in [-0.4, -0.2) is 36.0 Å². The Bertz CT molecular complexity index is 824. The third-order valence-corrected chi connectivity index (χ3v) is 5.33. The van der Waals surface area contributed by atoms with Crippen molar-refractivity contribution in [1.29, 1.82) is 0 Å². The average molecular weight is 448 g/mol. The first kappa shape index (κ1) is 20.3. The summed E-state index contributed by atoms with van der Waals surface area (Å²) in [6.45, 7) is 1.19. The summed E-state index contributed by atoms with van der Waals surface area (Å²) in [6.07, 6.45) is 2.09. The van der Waals surface area contributed by atoms with Crippen molar-refractivity contribution in [3.63, 3.8) is 0 Å². The van der Waals surface area contributed by atoms with Gasteiger partial charge in [0.1, 0.15) is 5.82 Å². The van der Waals surface area contributed by atoms with Gasteiger partial charge in [-0.15, -0.1) is 0 Å². The monoisotopic (exact) mass is 447 g/mol. The SMILES string of the molecule is O=C(Nc1ccccc1)NC1CCN(C(=O)CCc2ccc(Br)cc2F)CC1. The van der Waals surface area contributed by atoms with Crippen molar-refractivity contribution in [2.24, 2.45) is 0 Å². The number of piperidine rings is 1. The number of anilines is 1. The van der Waals surface area contributed by atoms with E-state index in [1.54, 1.807) is 17.0 Å². The van der Waals surface area contributed by atoms with Gasteiger partial charge >= 0.3 is 6.03 Å². The van der Waals surface area contributed by atoms with Crippen LogP contribution in [0.1, 0.15) is 24.8 Å². The van der Waals surface area contributed by atoms with Gasteiger partial charge in [-0.05, 0) is 49.1 Å². The number of nitrogens with zero attached hydrogens (tertiary/aromatic N) is 1. The normalized spacial score (nSPS) is 14.6. The number of aryl methyl sites for hydroxylation is 1. The van der Waals surface area contributed by atoms with E-state index in [0.717, 1.165) is 5.69 Å². The quantitative estimate of drug-likeness (QED) is 0.716. The highest BCUT2D eigenvalue weighted by Crippen LogP contribution is 2.18. The lowest BCUT2D eigenvalue weighted by Gasteiger charge is -2.32. The number of hydrogen-bond donors (Lipinski definition) is 2. The summed E-state index contributed by atoms with van der Waals surface area (Å²) in [4.78, 5) is 26.3. The van der Waals surface area contributed by atoms with Crippen LogP contribution in [0.15, 0.2) is 53.0 Å². The zero-order valence-corrected chi connectivity index (χ0v) is 17.0. The van der Waals surface area contributed by atoms with Crippen LogP contribution in [0.3, 0.4) is 0 Å². The number of urea groups is 1. The highest BCUT2D eigenvalue weighted by atomic mass is 79.9. The molecule has 1 heterocycles. The van der Waals surface area contributed by atoms with E-state index in [9.17, 15) is 14.0 Å². The van der Waals surface area contributed by atoms with E-state index in [0.29, 0.717) is 42.4 Å². The lowest BCUT2D eigenvalue weighted by Crippen LogP contribution is -2.47. The van der Waals surface area contributed by atoms with Crippen molar-refractivity contribution >= 4 is 33.6 Å². The van der Waals surface area contributed by atoms with Crippen LogP contribution in [0.25, 0.3) is 0 Å². The zero-order chi connectivity index (χ0) is 19.9. The number of para-hydroxylation sites is 1. The van der Waals surface area contributed by atoms with Crippen LogP contribution in [0.2, 0.25) is 0 Å². The van der Waals surface area contributed by atoms with E-state index in [4.69, 9.17) is 0 Å². The van der Waals surface area contributed by atoms with E-state index >= 15 is 0 Å². The Hall–Kier alpha value is -2.41. The fourth-order valence-corrected chi connectivity index (χ4v) is 3.60. The summed E-state index contributed by atoms with van der Waals surface area (Å²) in [7, 11) is 0. The lowest BCUT2D eigenvalue weighted by molar-refractivity contribution is -0.132. The van der Waals surface area contributed by atoms with Gasteiger partial charge in [-0.25, -0.2) is 9.18 Å². The molecule has 0 aromatic heterocycles. The molecule has 0 radical (unpaired) electrons. The van der Waals surface area contributed by atoms with E-state index in [1.807, 2.05) is 30.3 Å². The topological polar surface area (TPSA) is 61.4 Å². The van der Waals surface area contributed by atoms with Crippen LogP contribution in [0, 0.1) is 5.82 Å². The van der Waals surface area contributed by atoms with Crippen LogP contribution >= 0.6 is 15.9 Å². The molecular formula is C21H23BrFN3O2. The summed E-state index contributed by atoms with van der Waals surface area (Å²) in [5, 5.41) is 5.76. The van der Waals surface area contributed by atoms with Crippen molar-refractivity contribution in [2.45, 2.75) is 31.7 Å². The molecule has 3 rings (SSSR count). The number of hydrogen-bond acceptors (Lipinski definition) is 2. The van der Waals surface area contributed by atoms with Crippen molar-refractivity contribution in [2.75, 3.05) is 18.4 Å². The first-order chi connectivity index (χ1) is 13.5. The van der Waals surface area contributed by atoms with E-state index in [2.05, 4.69) is 26.6 Å². The number of amides is 3. The second-order valence-electron chi connectivity index (χ2n) is 6.86. The number of benzene rings is 2. The van der Waals surface area contributed by atoms with Gasteiger partial charge in [0, 0.05) is 35.7 Å². The van der Waals surface area contributed by atoms with E-state index in [1.165, 1.54) is 6.07 Å². The van der Waals surface area contributed by atoms with Gasteiger partial charge in [0.2, 0.25) is 5.91 Å². The first-order valence-corrected chi connectivity index (χ1v) is 10.1. The zero-order valence-electron chi connectivity index (χ0n) is 15.5. The molecule has 0 atom stereocenters. The Morgan fingerprint density at radius 1 is 1.11 bits per heavy atom. The fourth-order valence-electron chi connectivity index (χ4n) is 3.27. The minimum Gasteiger partial charge on any atom is -0.343 e. The largest absolute Gasteiger partial charge is 0.343 e. The second kappa shape index (κ2) is 9.68. The Balaban J connectivity index is 1.40. The predicted octanol–water partition coefficient (Wildman–Crippen LogP) is 4.33. The summed E-state index contributed by atoms with van der Waals surface area (Å²) >= 11 is 3.23. The number of carbonyl (C=O) groups is 2. The summed E-state index contributed by atoms with van der Waals surface area (Å²) < 4.78 is 14.6. The molecular weight excluding hydrogens is 425 g/mol. The van der Waals surface area contributed by atoms with Crippen LogP contribution in [-0.2, 0) is 11.2 Å². The van der Waals surface area contributed by atoms with Crippen molar-refractivity contribution in [3.05, 3.63) is 64.4 Å². The van der Waals surface area contributed by atoms with Gasteiger partial charge in [-0.1, -0.05) is 40.2 Å². The molecule has 1 aliphatic rings. The fraction of sp³-hybridized carbons (Fsp3) is 0.333. The highest BCUT2D eigenvalue weighted by molar-refractivity contribution is 9.10. The van der Waals surface area contributed by atoms with Gasteiger partial charge in [0.05, 0.1) is 0 Å². The smallest absolute Gasteiger partial charge is 0.319 e. The Kier molecular flexibility index (Phi) is 7.03. The molecule has 0 spiro atoms. The number of nitrogens with one attached hydrogen (secondary N) is 2. The molecule has 5 nitrogen and oxygen atoms in total. The van der Waals surface area contributed by atoms with Crippen molar-refractivity contribution in [3.8, 4) is 0 Å². The number of likely N-dealkylation sites (tertiary alicyclic amines) is 1. The molecule has 0 saturated carbocycles. The first-order valence-electron chi connectivity index (χ1n) is 9.35. The maximum Gasteiger partial charge on any atom is 0.319 e. The van der Waals surface area contributed by atoms with E-state index < -0.39 is 0 Å². The molecule has 28 heavy (non-hydrogen) atoms. The molecule has 2 aromatic rings. The molecule has 0 bridgehead atoms. The van der Waals surface area contributed by atoms with Gasteiger partial charge in [0.15, 0.2) is 0 Å². The minimum atomic E-state index is -0.297. The molecule has 1 fully saturated rings. The molecule has 148 valence electrons. The van der Waals surface area contributed by atoms with Crippen LogP contribution in [0.4, 0.5) is 14.9 Å². The molecule has 2 aromatic carbocycles. The highest BCUT2D eigenvalue weighted by Gasteiger charge is 2.23. The Morgan fingerprint density at radius 3 is 2.50 bits per heavy atom. The summed E-state index contributed by atoms with van der Waals surface area (Å²) in [6, 6.07) is 14.0. The third kappa shape index (κ3) is 5.79. The number of halogens is 2. The second-order valence-corrected chi connectivity index (χ2v) is 7.77. The standard InChI is InChI=1S/C21H23BrFN3O2/c22-16-8-6-15(19(23)14-16)7-9-20(27)26-12-10-18(11-13-26)25-21(28)24-17-4-2-1-3-5-17/h1-6,8,14,18H,7,9-13H2,(H2,24,25,28). The van der Waals surface area contributed by atoms with Crippen LogP contribution in [0.5, 0.6) is 0 Å². The molecule has 2 N–H and O–H groups in total. The Labute approximate surface area is 172 Å². The molecule has 3 amide bonds. The predicted molar refractivity (Wildman–Crippen MR) is 111 cm³/mol. The maximum absolute atomic E-state index is 13.9. The third-order valence-electron chi connectivity index (χ3n) is 4.84. The summed E-state index contributed by atoms with van der Waals surface area (Å²) in [5.74, 6) is -0.274. The molecule has 1 saturated heterocycles. The number of carbonyl (C=O) groups excluding carboxylic acids is 2. The number of rotatable bonds is 5. The lowest BCUT2D eigenvalue weighted by atomic mass is 10.0. The molecule has 0 unspecified atom stereocenters. The summed E-state index contributed by atoms with van der Waals surface area (Å²) in [5.41, 5.74) is 1.29. The minimum absolute atomic E-state index is 0.0227. The van der Waals surface area contributed by atoms with Crippen LogP contribution < -0.4 is 10.6 Å². The van der Waals surface area contributed by atoms with Gasteiger partial charge < -0.3 is 15.5 Å². The maximum atomic E-state index is 13.9. The van der Waals surface area contributed by atoms with E-state index in [-0.39, 0.29) is 30.2 Å². The van der Waals surface area contributed by atoms with Crippen molar-refractivity contribution in [1.82, 2.24) is 10.2 Å². The van der Waals surface area contributed by atoms with Gasteiger partial charge in [-0.2, -0.15) is 0 Å². The molecule has 1 aliphatic heterocycles. The molecule has 0 aliphatic carbocycles. The average Bonchev–Trinajstić information content (AvgIpc) is 2.68. The van der Waals surface area contributed by atoms with Gasteiger partial charge in [0.25, 0.3) is 0 Å².